The van der Waals surface area contributed by atoms with E-state index in [-0.39, 0.29) is 18.2 Å². The second-order valence-electron chi connectivity index (χ2n) is 5.97. The lowest BCUT2D eigenvalue weighted by molar-refractivity contribution is -0.136. The lowest BCUT2D eigenvalue weighted by Crippen LogP contribution is -2.34. The first-order chi connectivity index (χ1) is 13.9. The van der Waals surface area contributed by atoms with Gasteiger partial charge in [-0.2, -0.15) is 0 Å². The first kappa shape index (κ1) is 20.4. The number of nitrogens with one attached hydrogen (secondary N) is 3. The number of rotatable bonds is 6. The lowest BCUT2D eigenvalue weighted by Gasteiger charge is -2.07. The van der Waals surface area contributed by atoms with Crippen molar-refractivity contribution in [1.82, 2.24) is 5.32 Å². The van der Waals surface area contributed by atoms with Gasteiger partial charge in [-0.05, 0) is 47.8 Å². The minimum atomic E-state index is -0.802. The van der Waals surface area contributed by atoms with E-state index in [1.165, 1.54) is 29.6 Å². The van der Waals surface area contributed by atoms with Crippen LogP contribution in [0.2, 0.25) is 0 Å². The standard InChI is InChI=1S/C20H17N3O4S2/c1-12(24)22-13-4-6-14(7-5-13)23-20(27)19(26)21-11-15-8-9-17(29-15)18(25)16-3-2-10-28-16/h2-10H,11H2,1H3,(H,21,26)(H,22,24)(H,23,27). The molecular formula is C20H17N3O4S2. The second kappa shape index (κ2) is 9.26. The van der Waals surface area contributed by atoms with E-state index in [9.17, 15) is 19.2 Å². The highest BCUT2D eigenvalue weighted by atomic mass is 32.1. The quantitative estimate of drug-likeness (QED) is 0.415. The third-order valence-electron chi connectivity index (χ3n) is 3.72. The van der Waals surface area contributed by atoms with Crippen molar-refractivity contribution in [3.8, 4) is 0 Å². The maximum absolute atomic E-state index is 12.3. The average molecular weight is 428 g/mol. The summed E-state index contributed by atoms with van der Waals surface area (Å²) in [6.07, 6.45) is 0. The molecule has 0 spiro atoms. The molecule has 9 heteroatoms. The van der Waals surface area contributed by atoms with Gasteiger partial charge in [-0.15, -0.1) is 22.7 Å². The Bertz CT molecular complexity index is 1040. The van der Waals surface area contributed by atoms with E-state index in [1.54, 1.807) is 42.5 Å². The third-order valence-corrected chi connectivity index (χ3v) is 5.68. The van der Waals surface area contributed by atoms with Crippen molar-refractivity contribution in [3.63, 3.8) is 0 Å². The molecule has 3 aromatic rings. The minimum absolute atomic E-state index is 0.0528. The summed E-state index contributed by atoms with van der Waals surface area (Å²) < 4.78 is 0. The molecule has 0 saturated heterocycles. The molecule has 0 saturated carbocycles. The van der Waals surface area contributed by atoms with Gasteiger partial charge in [0.1, 0.15) is 0 Å². The summed E-state index contributed by atoms with van der Waals surface area (Å²) in [5.74, 6) is -1.84. The van der Waals surface area contributed by atoms with Crippen LogP contribution in [0.3, 0.4) is 0 Å². The van der Waals surface area contributed by atoms with E-state index in [1.807, 2.05) is 11.4 Å². The van der Waals surface area contributed by atoms with Crippen molar-refractivity contribution >= 4 is 57.6 Å². The highest BCUT2D eigenvalue weighted by molar-refractivity contribution is 7.16. The van der Waals surface area contributed by atoms with Gasteiger partial charge < -0.3 is 16.0 Å². The fourth-order valence-corrected chi connectivity index (χ4v) is 4.04. The van der Waals surface area contributed by atoms with Gasteiger partial charge in [0.05, 0.1) is 16.3 Å². The Kier molecular flexibility index (Phi) is 6.53. The maximum Gasteiger partial charge on any atom is 0.313 e. The Morgan fingerprint density at radius 3 is 2.14 bits per heavy atom. The number of ketones is 1. The molecule has 1 aromatic carbocycles. The second-order valence-corrected chi connectivity index (χ2v) is 8.08. The van der Waals surface area contributed by atoms with Gasteiger partial charge in [0.25, 0.3) is 0 Å². The number of benzene rings is 1. The van der Waals surface area contributed by atoms with E-state index >= 15 is 0 Å². The number of amides is 3. The summed E-state index contributed by atoms with van der Waals surface area (Å²) in [6.45, 7) is 1.55. The van der Waals surface area contributed by atoms with Gasteiger partial charge >= 0.3 is 11.8 Å². The molecule has 0 aliphatic heterocycles. The van der Waals surface area contributed by atoms with E-state index in [4.69, 9.17) is 0 Å². The van der Waals surface area contributed by atoms with Crippen molar-refractivity contribution < 1.29 is 19.2 Å². The number of anilines is 2. The number of thiophene rings is 2. The maximum atomic E-state index is 12.3. The highest BCUT2D eigenvalue weighted by Gasteiger charge is 2.16. The summed E-state index contributed by atoms with van der Waals surface area (Å²) in [5, 5.41) is 9.48. The van der Waals surface area contributed by atoms with Crippen molar-refractivity contribution in [2.45, 2.75) is 13.5 Å². The van der Waals surface area contributed by atoms with Crippen LogP contribution in [0.1, 0.15) is 26.3 Å². The molecular weight excluding hydrogens is 410 g/mol. The lowest BCUT2D eigenvalue weighted by atomic mass is 10.2. The van der Waals surface area contributed by atoms with Crippen LogP contribution in [0.25, 0.3) is 0 Å². The van der Waals surface area contributed by atoms with Crippen LogP contribution in [0.4, 0.5) is 11.4 Å². The first-order valence-electron chi connectivity index (χ1n) is 8.56. The Labute approximate surface area is 174 Å². The number of carbonyl (C=O) groups is 4. The van der Waals surface area contributed by atoms with Crippen LogP contribution in [0, 0.1) is 0 Å². The smallest absolute Gasteiger partial charge is 0.313 e. The number of hydrogen-bond acceptors (Lipinski definition) is 6. The first-order valence-corrected chi connectivity index (χ1v) is 10.3. The Morgan fingerprint density at radius 2 is 1.52 bits per heavy atom. The molecule has 0 atom stereocenters. The molecule has 0 bridgehead atoms. The summed E-state index contributed by atoms with van der Waals surface area (Å²) in [4.78, 5) is 49.4. The molecule has 0 aliphatic carbocycles. The highest BCUT2D eigenvalue weighted by Crippen LogP contribution is 2.22. The van der Waals surface area contributed by atoms with Gasteiger partial charge in [0.2, 0.25) is 11.7 Å². The monoisotopic (exact) mass is 427 g/mol. The minimum Gasteiger partial charge on any atom is -0.343 e. The van der Waals surface area contributed by atoms with E-state index in [0.717, 1.165) is 4.88 Å². The zero-order valence-electron chi connectivity index (χ0n) is 15.4. The molecule has 148 valence electrons. The predicted octanol–water partition coefficient (Wildman–Crippen LogP) is 3.25. The van der Waals surface area contributed by atoms with Crippen LogP contribution >= 0.6 is 22.7 Å². The van der Waals surface area contributed by atoms with Crippen LogP contribution in [-0.4, -0.2) is 23.5 Å². The Balaban J connectivity index is 1.51. The molecule has 0 fully saturated rings. The van der Waals surface area contributed by atoms with Crippen LogP contribution < -0.4 is 16.0 Å². The SMILES string of the molecule is CC(=O)Nc1ccc(NC(=O)C(=O)NCc2ccc(C(=O)c3cccs3)s2)cc1. The summed E-state index contributed by atoms with van der Waals surface area (Å²) >= 11 is 2.66. The van der Waals surface area contributed by atoms with Gasteiger partial charge in [-0.3, -0.25) is 19.2 Å². The van der Waals surface area contributed by atoms with Crippen LogP contribution in [0.15, 0.2) is 53.9 Å². The van der Waals surface area contributed by atoms with Crippen LogP contribution in [-0.2, 0) is 20.9 Å². The Morgan fingerprint density at radius 1 is 0.828 bits per heavy atom. The van der Waals surface area contributed by atoms with Crippen molar-refractivity contribution in [3.05, 3.63) is 68.5 Å². The van der Waals surface area contributed by atoms with Gasteiger partial charge in [0.15, 0.2) is 0 Å². The molecule has 2 aromatic heterocycles. The molecule has 29 heavy (non-hydrogen) atoms. The predicted molar refractivity (Wildman–Crippen MR) is 113 cm³/mol. The topological polar surface area (TPSA) is 104 Å². The fraction of sp³-hybridized carbons (Fsp3) is 0.100. The molecule has 7 nitrogen and oxygen atoms in total. The summed E-state index contributed by atoms with van der Waals surface area (Å²) in [7, 11) is 0. The van der Waals surface area contributed by atoms with Gasteiger partial charge in [0, 0.05) is 23.2 Å². The fourth-order valence-electron chi connectivity index (χ4n) is 2.40. The van der Waals surface area contributed by atoms with Crippen molar-refractivity contribution in [2.75, 3.05) is 10.6 Å². The zero-order chi connectivity index (χ0) is 20.8. The van der Waals surface area contributed by atoms with E-state index in [2.05, 4.69) is 16.0 Å². The average Bonchev–Trinajstić information content (AvgIpc) is 3.39. The largest absolute Gasteiger partial charge is 0.343 e. The Hall–Kier alpha value is -3.30. The van der Waals surface area contributed by atoms with E-state index < -0.39 is 11.8 Å². The summed E-state index contributed by atoms with van der Waals surface area (Å²) in [6, 6.07) is 13.4. The van der Waals surface area contributed by atoms with Gasteiger partial charge in [-0.1, -0.05) is 6.07 Å². The number of carbonyl (C=O) groups excluding carboxylic acids is 4. The van der Waals surface area contributed by atoms with Gasteiger partial charge in [-0.25, -0.2) is 0 Å². The zero-order valence-corrected chi connectivity index (χ0v) is 17.0. The molecule has 0 unspecified atom stereocenters. The van der Waals surface area contributed by atoms with Crippen molar-refractivity contribution in [1.29, 1.82) is 0 Å². The number of hydrogen-bond donors (Lipinski definition) is 3. The van der Waals surface area contributed by atoms with Crippen LogP contribution in [0.5, 0.6) is 0 Å². The molecule has 3 rings (SSSR count). The third kappa shape index (κ3) is 5.59. The molecule has 3 amide bonds. The molecule has 2 heterocycles. The van der Waals surface area contributed by atoms with E-state index in [0.29, 0.717) is 21.1 Å². The van der Waals surface area contributed by atoms with Crippen molar-refractivity contribution in [2.24, 2.45) is 0 Å². The molecule has 0 aliphatic rings. The summed E-state index contributed by atoms with van der Waals surface area (Å²) in [5.41, 5.74) is 1.02. The normalized spacial score (nSPS) is 10.2. The molecule has 3 N–H and O–H groups in total. The molecule has 0 radical (unpaired) electrons.